The fourth-order valence-electron chi connectivity index (χ4n) is 2.06. The summed E-state index contributed by atoms with van der Waals surface area (Å²) in [6.07, 6.45) is -19.7. The maximum absolute atomic E-state index is 12.8. The molecule has 0 aliphatic carbocycles. The van der Waals surface area contributed by atoms with Crippen molar-refractivity contribution >= 4 is 15.9 Å². The minimum Gasteiger partial charge on any atom is -0.478 e. The van der Waals surface area contributed by atoms with Gasteiger partial charge in [-0.05, 0) is 23.8 Å². The second kappa shape index (κ2) is 6.40. The molecule has 0 aromatic heterocycles. The highest BCUT2D eigenvalue weighted by Crippen LogP contribution is 2.40. The maximum Gasteiger partial charge on any atom is 0.669 e. The number of benzene rings is 1. The Hall–Kier alpha value is -0.958. The van der Waals surface area contributed by atoms with Gasteiger partial charge in [-0.2, -0.15) is 39.5 Å². The van der Waals surface area contributed by atoms with Gasteiger partial charge in [-0.15, -0.1) is 0 Å². The van der Waals surface area contributed by atoms with Crippen molar-refractivity contribution in [1.82, 2.24) is 0 Å². The van der Waals surface area contributed by atoms with Crippen molar-refractivity contribution in [2.24, 2.45) is 0 Å². The molecule has 1 aromatic carbocycles. The van der Waals surface area contributed by atoms with Gasteiger partial charge in [0.1, 0.15) is 6.10 Å². The van der Waals surface area contributed by atoms with Crippen molar-refractivity contribution < 1.29 is 47.1 Å². The van der Waals surface area contributed by atoms with Gasteiger partial charge in [0.05, 0.1) is 17.2 Å². The summed E-state index contributed by atoms with van der Waals surface area (Å²) >= 11 is -1.67. The number of halogens is 9. The summed E-state index contributed by atoms with van der Waals surface area (Å²) in [7, 11) is 0. The average molecular weight is 381 g/mol. The van der Waals surface area contributed by atoms with Gasteiger partial charge in [0.25, 0.3) is 0 Å². The minimum atomic E-state index is -5.09. The van der Waals surface area contributed by atoms with Crippen molar-refractivity contribution in [3.63, 3.8) is 0 Å². The molecule has 1 fully saturated rings. The molecular weight excluding hydrogens is 374 g/mol. The predicted octanol–water partition coefficient (Wildman–Crippen LogP) is 4.67. The van der Waals surface area contributed by atoms with Crippen LogP contribution < -0.4 is 0 Å². The summed E-state index contributed by atoms with van der Waals surface area (Å²) in [6.45, 7) is 0. The van der Waals surface area contributed by atoms with E-state index in [1.54, 1.807) is 0 Å². The first-order chi connectivity index (χ1) is 10.8. The quantitative estimate of drug-likeness (QED) is 0.520. The Morgan fingerprint density at radius 3 is 1.71 bits per heavy atom. The molecule has 1 aromatic rings. The van der Waals surface area contributed by atoms with Crippen molar-refractivity contribution in [1.29, 1.82) is 0 Å². The van der Waals surface area contributed by atoms with Crippen LogP contribution in [0.4, 0.5) is 39.5 Å². The molecule has 24 heavy (non-hydrogen) atoms. The summed E-state index contributed by atoms with van der Waals surface area (Å²) in [5, 5.41) is 0. The lowest BCUT2D eigenvalue weighted by Gasteiger charge is -2.32. The van der Waals surface area contributed by atoms with Crippen LogP contribution in [0.15, 0.2) is 18.2 Å². The maximum atomic E-state index is 12.8. The summed E-state index contributed by atoms with van der Waals surface area (Å²) in [4.78, 5) is 0. The van der Waals surface area contributed by atoms with Crippen molar-refractivity contribution in [3.05, 3.63) is 34.9 Å². The highest BCUT2D eigenvalue weighted by Gasteiger charge is 2.45. The molecule has 0 amide bonds. The fraction of sp³-hybridized carbons (Fsp3) is 0.500. The Labute approximate surface area is 135 Å². The molecule has 0 saturated carbocycles. The van der Waals surface area contributed by atoms with Crippen molar-refractivity contribution in [2.45, 2.75) is 37.2 Å². The molecule has 2 unspecified atom stereocenters. The van der Waals surface area contributed by atoms with Crippen LogP contribution in [0.2, 0.25) is 0 Å². The van der Waals surface area contributed by atoms with Gasteiger partial charge >= 0.3 is 34.4 Å². The van der Waals surface area contributed by atoms with Crippen LogP contribution in [0.1, 0.15) is 29.2 Å². The SMILES string of the molecule is FC(F)(F)c1cc(C2CC(C(F)(F)F)[O][Al][O]2)cc(C(F)(F)F)c1. The van der Waals surface area contributed by atoms with Gasteiger partial charge in [0.2, 0.25) is 0 Å². The lowest BCUT2D eigenvalue weighted by atomic mass is 9.97. The Kier molecular flexibility index (Phi) is 5.17. The van der Waals surface area contributed by atoms with Crippen LogP contribution in [-0.2, 0) is 19.9 Å². The molecule has 1 saturated heterocycles. The van der Waals surface area contributed by atoms with Gasteiger partial charge < -0.3 is 7.58 Å². The smallest absolute Gasteiger partial charge is 0.478 e. The zero-order valence-corrected chi connectivity index (χ0v) is 12.5. The second-order valence-electron chi connectivity index (χ2n) is 4.96. The molecular formula is C12H7AlF9O2. The Bertz CT molecular complexity index is 561. The molecule has 133 valence electrons. The first-order valence-corrected chi connectivity index (χ1v) is 7.21. The minimum absolute atomic E-state index is 0.100. The number of alkyl halides is 9. The van der Waals surface area contributed by atoms with Crippen LogP contribution in [0.3, 0.4) is 0 Å². The third-order valence-corrected chi connectivity index (χ3v) is 4.09. The molecule has 1 aliphatic heterocycles. The van der Waals surface area contributed by atoms with Crippen LogP contribution >= 0.6 is 0 Å². The Morgan fingerprint density at radius 1 is 0.792 bits per heavy atom. The molecule has 0 spiro atoms. The lowest BCUT2D eigenvalue weighted by molar-refractivity contribution is -0.214. The predicted molar refractivity (Wildman–Crippen MR) is 61.6 cm³/mol. The third kappa shape index (κ3) is 4.56. The topological polar surface area (TPSA) is 18.5 Å². The molecule has 0 N–H and O–H groups in total. The average Bonchev–Trinajstić information content (AvgIpc) is 2.44. The van der Waals surface area contributed by atoms with Crippen LogP contribution in [-0.4, -0.2) is 28.2 Å². The van der Waals surface area contributed by atoms with E-state index in [0.29, 0.717) is 12.1 Å². The lowest BCUT2D eigenvalue weighted by Crippen LogP contribution is -2.39. The van der Waals surface area contributed by atoms with Crippen molar-refractivity contribution in [3.8, 4) is 0 Å². The van der Waals surface area contributed by atoms with E-state index in [4.69, 9.17) is 3.79 Å². The number of hydrogen-bond acceptors (Lipinski definition) is 2. The zero-order chi connectivity index (χ0) is 18.3. The molecule has 1 radical (unpaired) electrons. The van der Waals surface area contributed by atoms with Gasteiger partial charge in [0.15, 0.2) is 0 Å². The first-order valence-electron chi connectivity index (χ1n) is 6.27. The van der Waals surface area contributed by atoms with Gasteiger partial charge in [-0.3, -0.25) is 0 Å². The molecule has 0 bridgehead atoms. The summed E-state index contributed by atoms with van der Waals surface area (Å²) in [6, 6.07) is 0.618. The van der Waals surface area contributed by atoms with Crippen LogP contribution in [0, 0.1) is 0 Å². The normalized spacial score (nSPS) is 23.0. The molecule has 12 heteroatoms. The van der Waals surface area contributed by atoms with E-state index in [9.17, 15) is 39.5 Å². The number of hydrogen-bond donors (Lipinski definition) is 0. The van der Waals surface area contributed by atoms with Crippen molar-refractivity contribution in [2.75, 3.05) is 0 Å². The van der Waals surface area contributed by atoms with Gasteiger partial charge in [-0.25, -0.2) is 0 Å². The second-order valence-corrected chi connectivity index (χ2v) is 5.70. The van der Waals surface area contributed by atoms with E-state index in [0.717, 1.165) is 0 Å². The van der Waals surface area contributed by atoms with E-state index in [1.165, 1.54) is 0 Å². The molecule has 1 heterocycles. The van der Waals surface area contributed by atoms with Gasteiger partial charge in [-0.1, -0.05) is 0 Å². The third-order valence-electron chi connectivity index (χ3n) is 3.21. The zero-order valence-electron chi connectivity index (χ0n) is 11.4. The van der Waals surface area contributed by atoms with E-state index in [-0.39, 0.29) is 6.07 Å². The Morgan fingerprint density at radius 2 is 1.29 bits per heavy atom. The molecule has 1 aliphatic rings. The summed E-state index contributed by atoms with van der Waals surface area (Å²) in [5.74, 6) is 0. The van der Waals surface area contributed by atoms with Crippen LogP contribution in [0.5, 0.6) is 0 Å². The summed E-state index contributed by atoms with van der Waals surface area (Å²) in [5.41, 5.74) is -3.84. The number of rotatable bonds is 1. The molecule has 2 atom stereocenters. The monoisotopic (exact) mass is 381 g/mol. The van der Waals surface area contributed by atoms with Gasteiger partial charge in [0, 0.05) is 6.42 Å². The molecule has 2 nitrogen and oxygen atoms in total. The summed E-state index contributed by atoms with van der Waals surface area (Å²) < 4.78 is 124. The highest BCUT2D eigenvalue weighted by atomic mass is 27.2. The largest absolute Gasteiger partial charge is 0.669 e. The standard InChI is InChI=1S/C12H7F9O2.Al/c13-10(14,15)6-1-5(2-7(3-6)11(16,17)18)8(22)4-9(23)12(19,20)21;/h1-3,8-9H,4H2;/q-2;+2. The highest BCUT2D eigenvalue weighted by molar-refractivity contribution is 6.18. The van der Waals surface area contributed by atoms with E-state index in [2.05, 4.69) is 3.79 Å². The first kappa shape index (κ1) is 19.4. The Balaban J connectivity index is 2.42. The molecule has 2 rings (SSSR count). The van der Waals surface area contributed by atoms with E-state index >= 15 is 0 Å². The van der Waals surface area contributed by atoms with E-state index < -0.39 is 69.7 Å². The van der Waals surface area contributed by atoms with Crippen LogP contribution in [0.25, 0.3) is 0 Å². The fourth-order valence-corrected chi connectivity index (χ4v) is 2.93. The van der Waals surface area contributed by atoms with E-state index in [1.807, 2.05) is 0 Å².